The molecule has 0 spiro atoms. The van der Waals surface area contributed by atoms with Crippen LogP contribution in [0.5, 0.6) is 23.1 Å². The lowest BCUT2D eigenvalue weighted by atomic mass is 10.3. The molecule has 1 aromatic heterocycles. The summed E-state index contributed by atoms with van der Waals surface area (Å²) in [5, 5.41) is 0. The Balaban J connectivity index is 2.14. The van der Waals surface area contributed by atoms with Crippen LogP contribution >= 0.6 is 15.9 Å². The first kappa shape index (κ1) is 15.4. The van der Waals surface area contributed by atoms with Gasteiger partial charge in [0.25, 0.3) is 5.88 Å². The van der Waals surface area contributed by atoms with Gasteiger partial charge in [-0.1, -0.05) is 0 Å². The fourth-order valence-corrected chi connectivity index (χ4v) is 1.76. The number of aromatic nitrogens is 1. The first-order valence-electron chi connectivity index (χ1n) is 5.60. The summed E-state index contributed by atoms with van der Waals surface area (Å²) in [6, 6.07) is 6.63. The molecule has 1 aromatic carbocycles. The number of halogens is 4. The summed E-state index contributed by atoms with van der Waals surface area (Å²) in [4.78, 5) is 4.02. The van der Waals surface area contributed by atoms with Crippen LogP contribution in [-0.4, -0.2) is 18.5 Å². The molecule has 2 aromatic rings. The minimum absolute atomic E-state index is 0.199. The van der Waals surface area contributed by atoms with Crippen molar-refractivity contribution in [3.63, 3.8) is 0 Å². The number of hydrogen-bond donors (Lipinski definition) is 0. The first-order chi connectivity index (χ1) is 9.87. The lowest BCUT2D eigenvalue weighted by molar-refractivity contribution is -0.274. The van der Waals surface area contributed by atoms with Crippen LogP contribution in [0.15, 0.2) is 41.0 Å². The third-order valence-electron chi connectivity index (χ3n) is 2.28. The van der Waals surface area contributed by atoms with E-state index in [2.05, 4.69) is 25.7 Å². The normalized spacial score (nSPS) is 11.1. The van der Waals surface area contributed by atoms with Crippen molar-refractivity contribution in [3.8, 4) is 23.1 Å². The molecule has 4 nitrogen and oxygen atoms in total. The lowest BCUT2D eigenvalue weighted by Crippen LogP contribution is -2.16. The smallest absolute Gasteiger partial charge is 0.491 e. The second-order valence-electron chi connectivity index (χ2n) is 3.78. The van der Waals surface area contributed by atoms with Crippen LogP contribution in [0.3, 0.4) is 0 Å². The van der Waals surface area contributed by atoms with E-state index in [0.29, 0.717) is 16.0 Å². The van der Waals surface area contributed by atoms with Gasteiger partial charge in [0.05, 0.1) is 7.11 Å². The topological polar surface area (TPSA) is 40.6 Å². The number of benzene rings is 1. The van der Waals surface area contributed by atoms with Crippen LogP contribution in [0.25, 0.3) is 0 Å². The van der Waals surface area contributed by atoms with Gasteiger partial charge in [0.1, 0.15) is 11.5 Å². The Labute approximate surface area is 126 Å². The van der Waals surface area contributed by atoms with Gasteiger partial charge in [-0.25, -0.2) is 4.98 Å². The molecule has 0 bridgehead atoms. The maximum absolute atomic E-state index is 12.0. The summed E-state index contributed by atoms with van der Waals surface area (Å²) in [5.74, 6) is 0.563. The number of pyridine rings is 1. The Morgan fingerprint density at radius 3 is 2.29 bits per heavy atom. The average molecular weight is 364 g/mol. The summed E-state index contributed by atoms with van der Waals surface area (Å²) in [7, 11) is 1.45. The van der Waals surface area contributed by atoms with E-state index in [9.17, 15) is 13.2 Å². The van der Waals surface area contributed by atoms with E-state index in [0.717, 1.165) is 12.1 Å². The van der Waals surface area contributed by atoms with Crippen LogP contribution in [-0.2, 0) is 0 Å². The van der Waals surface area contributed by atoms with Gasteiger partial charge in [-0.15, -0.1) is 13.2 Å². The number of methoxy groups -OCH3 is 1. The minimum atomic E-state index is -4.72. The van der Waals surface area contributed by atoms with Crippen molar-refractivity contribution in [2.24, 2.45) is 0 Å². The molecular formula is C13H9BrF3NO3. The molecule has 21 heavy (non-hydrogen) atoms. The van der Waals surface area contributed by atoms with Crippen LogP contribution in [0.1, 0.15) is 0 Å². The van der Waals surface area contributed by atoms with E-state index in [-0.39, 0.29) is 11.6 Å². The molecule has 0 atom stereocenters. The molecule has 1 heterocycles. The van der Waals surface area contributed by atoms with Crippen LogP contribution in [0, 0.1) is 0 Å². The third-order valence-corrected chi connectivity index (χ3v) is 2.71. The quantitative estimate of drug-likeness (QED) is 0.799. The van der Waals surface area contributed by atoms with Gasteiger partial charge in [-0.2, -0.15) is 0 Å². The van der Waals surface area contributed by atoms with Crippen molar-refractivity contribution in [1.82, 2.24) is 4.98 Å². The molecule has 0 amide bonds. The van der Waals surface area contributed by atoms with Crippen molar-refractivity contribution in [1.29, 1.82) is 0 Å². The van der Waals surface area contributed by atoms with Crippen LogP contribution in [0.4, 0.5) is 13.2 Å². The van der Waals surface area contributed by atoms with Gasteiger partial charge in [-0.05, 0) is 40.2 Å². The zero-order valence-corrected chi connectivity index (χ0v) is 12.2. The number of hydrogen-bond acceptors (Lipinski definition) is 4. The summed E-state index contributed by atoms with van der Waals surface area (Å²) in [6.45, 7) is 0. The van der Waals surface area contributed by atoms with Gasteiger partial charge in [0.15, 0.2) is 5.75 Å². The summed E-state index contributed by atoms with van der Waals surface area (Å²) >= 11 is 3.24. The second kappa shape index (κ2) is 6.21. The molecule has 2 rings (SSSR count). The maximum atomic E-state index is 12.0. The van der Waals surface area contributed by atoms with Crippen molar-refractivity contribution in [3.05, 3.63) is 41.0 Å². The lowest BCUT2D eigenvalue weighted by Gasteiger charge is -2.11. The van der Waals surface area contributed by atoms with Gasteiger partial charge in [0.2, 0.25) is 0 Å². The molecule has 8 heteroatoms. The molecule has 0 saturated heterocycles. The largest absolute Gasteiger partial charge is 0.573 e. The van der Waals surface area contributed by atoms with Crippen LogP contribution < -0.4 is 14.2 Å². The predicted octanol–water partition coefficient (Wildman–Crippen LogP) is 4.54. The molecule has 112 valence electrons. The molecule has 0 aliphatic carbocycles. The highest BCUT2D eigenvalue weighted by Crippen LogP contribution is 2.32. The van der Waals surface area contributed by atoms with E-state index >= 15 is 0 Å². The zero-order chi connectivity index (χ0) is 15.5. The highest BCUT2D eigenvalue weighted by Gasteiger charge is 2.31. The Kier molecular flexibility index (Phi) is 4.56. The highest BCUT2D eigenvalue weighted by molar-refractivity contribution is 9.10. The van der Waals surface area contributed by atoms with E-state index in [1.807, 2.05) is 0 Å². The second-order valence-corrected chi connectivity index (χ2v) is 4.70. The van der Waals surface area contributed by atoms with E-state index in [4.69, 9.17) is 9.47 Å². The molecule has 0 saturated carbocycles. The third kappa shape index (κ3) is 4.52. The molecule has 0 radical (unpaired) electrons. The van der Waals surface area contributed by atoms with Gasteiger partial charge in [0, 0.05) is 16.7 Å². The van der Waals surface area contributed by atoms with E-state index in [1.165, 1.54) is 25.4 Å². The Bertz CT molecular complexity index is 617. The summed E-state index contributed by atoms with van der Waals surface area (Å²) in [5.41, 5.74) is 0. The van der Waals surface area contributed by atoms with Crippen molar-refractivity contribution in [2.75, 3.05) is 7.11 Å². The Morgan fingerprint density at radius 1 is 1.10 bits per heavy atom. The Hall–Kier alpha value is -1.96. The molecule has 0 N–H and O–H groups in total. The maximum Gasteiger partial charge on any atom is 0.573 e. The SMILES string of the molecule is COc1cc(Br)cnc1Oc1ccc(OC(F)(F)F)cc1. The van der Waals surface area contributed by atoms with Gasteiger partial charge >= 0.3 is 6.36 Å². The number of ether oxygens (including phenoxy) is 3. The molecule has 0 aliphatic rings. The fraction of sp³-hybridized carbons (Fsp3) is 0.154. The monoisotopic (exact) mass is 363 g/mol. The van der Waals surface area contributed by atoms with Crippen molar-refractivity contribution < 1.29 is 27.4 Å². The molecular weight excluding hydrogens is 355 g/mol. The van der Waals surface area contributed by atoms with Gasteiger partial charge in [-0.3, -0.25) is 0 Å². The Morgan fingerprint density at radius 2 is 1.71 bits per heavy atom. The standard InChI is InChI=1S/C13H9BrF3NO3/c1-19-11-6-8(14)7-18-12(11)20-9-2-4-10(5-3-9)21-13(15,16)17/h2-7H,1H3. The summed E-state index contributed by atoms with van der Waals surface area (Å²) < 4.78 is 51.1. The highest BCUT2D eigenvalue weighted by atomic mass is 79.9. The summed E-state index contributed by atoms with van der Waals surface area (Å²) in [6.07, 6.45) is -3.21. The van der Waals surface area contributed by atoms with E-state index in [1.54, 1.807) is 6.07 Å². The van der Waals surface area contributed by atoms with Crippen LogP contribution in [0.2, 0.25) is 0 Å². The predicted molar refractivity (Wildman–Crippen MR) is 71.7 cm³/mol. The van der Waals surface area contributed by atoms with Crippen molar-refractivity contribution in [2.45, 2.75) is 6.36 Å². The minimum Gasteiger partial charge on any atom is -0.491 e. The molecule has 0 aliphatic heterocycles. The number of rotatable bonds is 4. The number of alkyl halides is 3. The van der Waals surface area contributed by atoms with Gasteiger partial charge < -0.3 is 14.2 Å². The number of nitrogens with zero attached hydrogens (tertiary/aromatic N) is 1. The molecule has 0 fully saturated rings. The van der Waals surface area contributed by atoms with E-state index < -0.39 is 6.36 Å². The molecule has 0 unspecified atom stereocenters. The first-order valence-corrected chi connectivity index (χ1v) is 6.40. The average Bonchev–Trinajstić information content (AvgIpc) is 2.41. The zero-order valence-electron chi connectivity index (χ0n) is 10.6. The fourth-order valence-electron chi connectivity index (χ4n) is 1.45. The van der Waals surface area contributed by atoms with Crippen molar-refractivity contribution >= 4 is 15.9 Å².